The summed E-state index contributed by atoms with van der Waals surface area (Å²) in [5, 5.41) is 15.9. The Bertz CT molecular complexity index is 948. The number of nitrogens with zero attached hydrogens (tertiary/aromatic N) is 2. The molecule has 25 heavy (non-hydrogen) atoms. The maximum Gasteiger partial charge on any atom is 0.270 e. The molecule has 6 nitrogen and oxygen atoms in total. The quantitative estimate of drug-likeness (QED) is 0.348. The predicted molar refractivity (Wildman–Crippen MR) is 101 cm³/mol. The maximum absolute atomic E-state index is 11.0. The Morgan fingerprint density at radius 3 is 2.60 bits per heavy atom. The number of rotatable bonds is 5. The first-order chi connectivity index (χ1) is 12.0. The average molecular weight is 423 g/mol. The number of ether oxygens (including phenoxy) is 1. The lowest BCUT2D eigenvalue weighted by molar-refractivity contribution is -0.384. The molecule has 0 spiro atoms. The number of nitro groups is 1. The summed E-state index contributed by atoms with van der Waals surface area (Å²) < 4.78 is 5.67. The zero-order valence-electron chi connectivity index (χ0n) is 13.1. The van der Waals surface area contributed by atoms with Gasteiger partial charge in [-0.2, -0.15) is 0 Å². The molecule has 3 rings (SSSR count). The minimum atomic E-state index is -0.440. The van der Waals surface area contributed by atoms with E-state index < -0.39 is 4.92 Å². The minimum Gasteiger partial charge on any atom is -0.497 e. The van der Waals surface area contributed by atoms with Crippen LogP contribution in [0.1, 0.15) is 5.56 Å². The third kappa shape index (κ3) is 3.67. The van der Waals surface area contributed by atoms with E-state index in [0.29, 0.717) is 22.2 Å². The summed E-state index contributed by atoms with van der Waals surface area (Å²) in [6, 6.07) is 12.2. The topological polar surface area (TPSA) is 77.3 Å². The van der Waals surface area contributed by atoms with E-state index in [9.17, 15) is 10.1 Å². The molecule has 8 heteroatoms. The number of non-ortho nitro benzene ring substituents is 1. The van der Waals surface area contributed by atoms with Crippen molar-refractivity contribution in [3.8, 4) is 5.75 Å². The van der Waals surface area contributed by atoms with Crippen molar-refractivity contribution in [2.45, 2.75) is 6.54 Å². The smallest absolute Gasteiger partial charge is 0.270 e. The van der Waals surface area contributed by atoms with Gasteiger partial charge in [-0.3, -0.25) is 10.1 Å². The van der Waals surface area contributed by atoms with E-state index in [1.54, 1.807) is 13.2 Å². The van der Waals surface area contributed by atoms with Crippen LogP contribution in [0.25, 0.3) is 10.8 Å². The second-order valence-electron chi connectivity index (χ2n) is 5.25. The summed E-state index contributed by atoms with van der Waals surface area (Å²) in [5.74, 6) is 1.35. The van der Waals surface area contributed by atoms with Gasteiger partial charge in [0.15, 0.2) is 0 Å². The van der Waals surface area contributed by atoms with Crippen molar-refractivity contribution in [2.24, 2.45) is 0 Å². The van der Waals surface area contributed by atoms with Crippen LogP contribution in [0.5, 0.6) is 5.75 Å². The lowest BCUT2D eigenvalue weighted by atomic mass is 10.1. The van der Waals surface area contributed by atoms with Crippen molar-refractivity contribution in [1.82, 2.24) is 4.98 Å². The molecule has 1 N–H and O–H groups in total. The number of fused-ring (bicyclic) bond motifs is 1. The van der Waals surface area contributed by atoms with Crippen LogP contribution in [0, 0.1) is 10.1 Å². The number of halogens is 2. The van der Waals surface area contributed by atoms with Crippen LogP contribution >= 0.6 is 27.5 Å². The van der Waals surface area contributed by atoms with Gasteiger partial charge in [-0.05, 0) is 39.7 Å². The number of hydrogen-bond acceptors (Lipinski definition) is 5. The number of methoxy groups -OCH3 is 1. The van der Waals surface area contributed by atoms with Crippen molar-refractivity contribution < 1.29 is 9.66 Å². The fourth-order valence-electron chi connectivity index (χ4n) is 2.42. The average Bonchev–Trinajstić information content (AvgIpc) is 2.63. The number of nitrogens with one attached hydrogen (secondary N) is 1. The molecule has 0 unspecified atom stereocenters. The molecule has 0 aliphatic rings. The van der Waals surface area contributed by atoms with Crippen molar-refractivity contribution in [3.63, 3.8) is 0 Å². The summed E-state index contributed by atoms with van der Waals surface area (Å²) in [7, 11) is 1.62. The van der Waals surface area contributed by atoms with E-state index in [1.807, 2.05) is 24.3 Å². The number of benzene rings is 2. The van der Waals surface area contributed by atoms with Crippen molar-refractivity contribution in [1.29, 1.82) is 0 Å². The Morgan fingerprint density at radius 2 is 1.96 bits per heavy atom. The normalized spacial score (nSPS) is 10.7. The lowest BCUT2D eigenvalue weighted by Crippen LogP contribution is -2.03. The van der Waals surface area contributed by atoms with Crippen LogP contribution < -0.4 is 10.1 Å². The van der Waals surface area contributed by atoms with Gasteiger partial charge in [0.25, 0.3) is 5.69 Å². The number of nitro benzene ring substituents is 1. The first-order valence-electron chi connectivity index (χ1n) is 7.29. The first-order valence-corrected chi connectivity index (χ1v) is 8.46. The highest BCUT2D eigenvalue weighted by Gasteiger charge is 2.15. The van der Waals surface area contributed by atoms with Crippen LogP contribution in [0.4, 0.5) is 11.5 Å². The van der Waals surface area contributed by atoms with Gasteiger partial charge in [-0.15, -0.1) is 0 Å². The van der Waals surface area contributed by atoms with Gasteiger partial charge >= 0.3 is 0 Å². The molecule has 1 aromatic heterocycles. The number of aromatic nitrogens is 1. The van der Waals surface area contributed by atoms with Crippen molar-refractivity contribution in [2.75, 3.05) is 12.4 Å². The zero-order chi connectivity index (χ0) is 18.0. The molecule has 0 aliphatic carbocycles. The van der Waals surface area contributed by atoms with Gasteiger partial charge in [0.1, 0.15) is 16.7 Å². The Hall–Kier alpha value is -2.38. The molecular formula is C17H13BrClN3O3. The Labute approximate surface area is 157 Å². The summed E-state index contributed by atoms with van der Waals surface area (Å²) in [5.41, 5.74) is 1.04. The van der Waals surface area contributed by atoms with E-state index in [0.717, 1.165) is 16.7 Å². The molecule has 3 aromatic rings. The molecule has 0 saturated carbocycles. The minimum absolute atomic E-state index is 0.00317. The largest absolute Gasteiger partial charge is 0.497 e. The predicted octanol–water partition coefficient (Wildman–Crippen LogP) is 5.18. The zero-order valence-corrected chi connectivity index (χ0v) is 15.5. The Morgan fingerprint density at radius 1 is 1.24 bits per heavy atom. The van der Waals surface area contributed by atoms with Crippen LogP contribution in [0.3, 0.4) is 0 Å². The first kappa shape index (κ1) is 17.4. The molecule has 0 amide bonds. The second-order valence-corrected chi connectivity index (χ2v) is 6.40. The molecule has 0 saturated heterocycles. The van der Waals surface area contributed by atoms with Crippen LogP contribution in [0.2, 0.25) is 5.15 Å². The van der Waals surface area contributed by atoms with Gasteiger partial charge in [0.05, 0.1) is 16.5 Å². The highest BCUT2D eigenvalue weighted by molar-refractivity contribution is 9.10. The molecule has 0 atom stereocenters. The molecule has 0 radical (unpaired) electrons. The molecule has 0 bridgehead atoms. The van der Waals surface area contributed by atoms with E-state index in [2.05, 4.69) is 26.2 Å². The molecule has 128 valence electrons. The Kier molecular flexibility index (Phi) is 5.06. The van der Waals surface area contributed by atoms with Gasteiger partial charge in [0, 0.05) is 29.4 Å². The monoisotopic (exact) mass is 421 g/mol. The summed E-state index contributed by atoms with van der Waals surface area (Å²) in [4.78, 5) is 14.9. The van der Waals surface area contributed by atoms with E-state index in [-0.39, 0.29) is 10.8 Å². The Balaban J connectivity index is 1.95. The summed E-state index contributed by atoms with van der Waals surface area (Å²) in [6.07, 6.45) is 0. The number of anilines is 1. The molecule has 0 fully saturated rings. The van der Waals surface area contributed by atoms with Gasteiger partial charge in [0.2, 0.25) is 0 Å². The van der Waals surface area contributed by atoms with Gasteiger partial charge < -0.3 is 10.1 Å². The van der Waals surface area contributed by atoms with E-state index in [4.69, 9.17) is 16.3 Å². The van der Waals surface area contributed by atoms with Crippen LogP contribution in [-0.4, -0.2) is 17.0 Å². The number of hydrogen-bond donors (Lipinski definition) is 1. The fourth-order valence-corrected chi connectivity index (χ4v) is 3.02. The highest BCUT2D eigenvalue weighted by Crippen LogP contribution is 2.36. The summed E-state index contributed by atoms with van der Waals surface area (Å²) in [6.45, 7) is 0.529. The van der Waals surface area contributed by atoms with Gasteiger partial charge in [-0.1, -0.05) is 23.7 Å². The van der Waals surface area contributed by atoms with E-state index in [1.165, 1.54) is 12.1 Å². The molecule has 2 aromatic carbocycles. The third-order valence-corrected chi connectivity index (χ3v) is 5.02. The number of pyridine rings is 1. The van der Waals surface area contributed by atoms with Crippen LogP contribution in [-0.2, 0) is 6.54 Å². The maximum atomic E-state index is 11.0. The third-order valence-electron chi connectivity index (χ3n) is 3.72. The molecular weight excluding hydrogens is 410 g/mol. The fraction of sp³-hybridized carbons (Fsp3) is 0.118. The summed E-state index contributed by atoms with van der Waals surface area (Å²) >= 11 is 9.51. The molecule has 1 heterocycles. The second kappa shape index (κ2) is 7.25. The SMILES string of the molecule is COc1ccc(CNc2nc(Cl)c(Br)c3cc([N+](=O)[O-])ccc23)cc1. The van der Waals surface area contributed by atoms with Crippen LogP contribution in [0.15, 0.2) is 46.9 Å². The standard InChI is InChI=1S/C17H13BrClN3O3/c1-25-12-5-2-10(3-6-12)9-20-17-13-7-4-11(22(23)24)8-14(13)15(18)16(19)21-17/h2-8H,9H2,1H3,(H,20,21). The van der Waals surface area contributed by atoms with E-state index >= 15 is 0 Å². The highest BCUT2D eigenvalue weighted by atomic mass is 79.9. The molecule has 0 aliphatic heterocycles. The lowest BCUT2D eigenvalue weighted by Gasteiger charge is -2.12. The van der Waals surface area contributed by atoms with Crippen molar-refractivity contribution in [3.05, 3.63) is 67.8 Å². The van der Waals surface area contributed by atoms with Gasteiger partial charge in [-0.25, -0.2) is 4.98 Å². The van der Waals surface area contributed by atoms with Crippen molar-refractivity contribution >= 4 is 49.8 Å².